The van der Waals surface area contributed by atoms with Crippen molar-refractivity contribution in [1.29, 1.82) is 0 Å². The molecule has 0 bridgehead atoms. The van der Waals surface area contributed by atoms with Gasteiger partial charge in [0.25, 0.3) is 5.91 Å². The lowest BCUT2D eigenvalue weighted by Gasteiger charge is -2.15. The molecule has 2 N–H and O–H groups in total. The van der Waals surface area contributed by atoms with Gasteiger partial charge in [-0.1, -0.05) is 31.0 Å². The molecular formula is C15H19ClFNO3. The third-order valence-electron chi connectivity index (χ3n) is 3.27. The predicted octanol–water partition coefficient (Wildman–Crippen LogP) is 3.49. The average molecular weight is 316 g/mol. The second-order valence-electron chi connectivity index (χ2n) is 5.15. The van der Waals surface area contributed by atoms with E-state index in [-0.39, 0.29) is 16.6 Å². The molecule has 2 atom stereocenters. The summed E-state index contributed by atoms with van der Waals surface area (Å²) in [6.45, 7) is 3.44. The Kier molecular flexibility index (Phi) is 6.62. The fraction of sp³-hybridized carbons (Fsp3) is 0.467. The van der Waals surface area contributed by atoms with Crippen molar-refractivity contribution in [2.75, 3.05) is 0 Å². The minimum Gasteiger partial charge on any atom is -0.481 e. The van der Waals surface area contributed by atoms with Crippen LogP contribution in [0.25, 0.3) is 0 Å². The number of hydrogen-bond donors (Lipinski definition) is 2. The standard InChI is InChI=1S/C15H19ClFNO3/c1-9(15(20)21)5-3-6-10(2)18-14(19)11-7-4-8-12(16)13(11)17/h4,7-10H,3,5-6H2,1-2H3,(H,18,19)(H,20,21). The SMILES string of the molecule is CC(CCCC(C)C(=O)O)NC(=O)c1cccc(Cl)c1F. The van der Waals surface area contributed by atoms with E-state index in [9.17, 15) is 14.0 Å². The minimum absolute atomic E-state index is 0.0896. The fourth-order valence-electron chi connectivity index (χ4n) is 1.91. The molecule has 0 aromatic heterocycles. The van der Waals surface area contributed by atoms with Gasteiger partial charge in [-0.05, 0) is 31.9 Å². The lowest BCUT2D eigenvalue weighted by Crippen LogP contribution is -2.33. The summed E-state index contributed by atoms with van der Waals surface area (Å²) in [5, 5.41) is 11.4. The van der Waals surface area contributed by atoms with Crippen molar-refractivity contribution in [2.45, 2.75) is 39.2 Å². The molecule has 0 aliphatic carbocycles. The van der Waals surface area contributed by atoms with Crippen molar-refractivity contribution in [2.24, 2.45) is 5.92 Å². The van der Waals surface area contributed by atoms with Crippen LogP contribution in [0.15, 0.2) is 18.2 Å². The number of rotatable bonds is 7. The molecule has 1 aromatic rings. The van der Waals surface area contributed by atoms with Crippen LogP contribution in [0, 0.1) is 11.7 Å². The largest absolute Gasteiger partial charge is 0.481 e. The van der Waals surface area contributed by atoms with Gasteiger partial charge in [0.1, 0.15) is 0 Å². The summed E-state index contributed by atoms with van der Waals surface area (Å²) < 4.78 is 13.7. The number of hydrogen-bond acceptors (Lipinski definition) is 2. The number of amides is 1. The quantitative estimate of drug-likeness (QED) is 0.809. The summed E-state index contributed by atoms with van der Waals surface area (Å²) in [6.07, 6.45) is 1.85. The molecular weight excluding hydrogens is 297 g/mol. The molecule has 0 saturated carbocycles. The maximum absolute atomic E-state index is 13.7. The first-order valence-corrected chi connectivity index (χ1v) is 7.18. The second-order valence-corrected chi connectivity index (χ2v) is 5.55. The van der Waals surface area contributed by atoms with Crippen LogP contribution in [-0.2, 0) is 4.79 Å². The van der Waals surface area contributed by atoms with Crippen LogP contribution in [0.3, 0.4) is 0 Å². The van der Waals surface area contributed by atoms with Gasteiger partial charge >= 0.3 is 5.97 Å². The van der Waals surface area contributed by atoms with Crippen molar-refractivity contribution in [3.63, 3.8) is 0 Å². The molecule has 4 nitrogen and oxygen atoms in total. The number of carboxylic acids is 1. The highest BCUT2D eigenvalue weighted by atomic mass is 35.5. The van der Waals surface area contributed by atoms with Gasteiger partial charge in [0.2, 0.25) is 0 Å². The summed E-state index contributed by atoms with van der Waals surface area (Å²) in [5.74, 6) is -2.48. The Balaban J connectivity index is 2.47. The van der Waals surface area contributed by atoms with Crippen molar-refractivity contribution < 1.29 is 19.1 Å². The normalized spacial score (nSPS) is 13.5. The third-order valence-corrected chi connectivity index (χ3v) is 3.56. The number of carbonyl (C=O) groups is 2. The van der Waals surface area contributed by atoms with Gasteiger partial charge in [0.05, 0.1) is 16.5 Å². The summed E-state index contributed by atoms with van der Waals surface area (Å²) in [5.41, 5.74) is -0.0896. The Hall–Kier alpha value is -1.62. The average Bonchev–Trinajstić information content (AvgIpc) is 2.41. The molecule has 0 saturated heterocycles. The van der Waals surface area contributed by atoms with E-state index in [0.29, 0.717) is 19.3 Å². The topological polar surface area (TPSA) is 66.4 Å². The summed E-state index contributed by atoms with van der Waals surface area (Å²) in [4.78, 5) is 22.6. The molecule has 0 spiro atoms. The second kappa shape index (κ2) is 7.98. The van der Waals surface area contributed by atoms with Crippen LogP contribution >= 0.6 is 11.6 Å². The van der Waals surface area contributed by atoms with Crippen molar-refractivity contribution in [1.82, 2.24) is 5.32 Å². The van der Waals surface area contributed by atoms with E-state index in [4.69, 9.17) is 16.7 Å². The predicted molar refractivity (Wildman–Crippen MR) is 79.0 cm³/mol. The Labute approximate surface area is 128 Å². The minimum atomic E-state index is -0.826. The highest BCUT2D eigenvalue weighted by Crippen LogP contribution is 2.18. The molecule has 1 amide bonds. The van der Waals surface area contributed by atoms with E-state index in [2.05, 4.69) is 5.32 Å². The zero-order chi connectivity index (χ0) is 16.0. The van der Waals surface area contributed by atoms with E-state index >= 15 is 0 Å². The molecule has 0 heterocycles. The first-order valence-electron chi connectivity index (χ1n) is 6.80. The Morgan fingerprint density at radius 1 is 1.33 bits per heavy atom. The van der Waals surface area contributed by atoms with Crippen molar-refractivity contribution >= 4 is 23.5 Å². The van der Waals surface area contributed by atoms with Gasteiger partial charge in [-0.2, -0.15) is 0 Å². The molecule has 6 heteroatoms. The van der Waals surface area contributed by atoms with Crippen LogP contribution in [0.4, 0.5) is 4.39 Å². The monoisotopic (exact) mass is 315 g/mol. The summed E-state index contributed by atoms with van der Waals surface area (Å²) in [6, 6.07) is 4.09. The van der Waals surface area contributed by atoms with E-state index in [1.54, 1.807) is 13.8 Å². The molecule has 0 aliphatic heterocycles. The molecule has 21 heavy (non-hydrogen) atoms. The summed E-state index contributed by atoms with van der Waals surface area (Å²) in [7, 11) is 0. The van der Waals surface area contributed by atoms with E-state index in [1.807, 2.05) is 0 Å². The Morgan fingerprint density at radius 2 is 2.00 bits per heavy atom. The van der Waals surface area contributed by atoms with Crippen LogP contribution in [0.2, 0.25) is 5.02 Å². The van der Waals surface area contributed by atoms with Crippen LogP contribution in [0.5, 0.6) is 0 Å². The molecule has 2 unspecified atom stereocenters. The highest BCUT2D eigenvalue weighted by Gasteiger charge is 2.16. The van der Waals surface area contributed by atoms with E-state index in [0.717, 1.165) is 0 Å². The number of aliphatic carboxylic acids is 1. The van der Waals surface area contributed by atoms with E-state index < -0.39 is 23.6 Å². The Bertz CT molecular complexity index is 522. The molecule has 116 valence electrons. The number of carbonyl (C=O) groups excluding carboxylic acids is 1. The molecule has 0 radical (unpaired) electrons. The van der Waals surface area contributed by atoms with Gasteiger partial charge in [-0.3, -0.25) is 9.59 Å². The third kappa shape index (κ3) is 5.34. The van der Waals surface area contributed by atoms with Crippen molar-refractivity contribution in [3.05, 3.63) is 34.6 Å². The lowest BCUT2D eigenvalue weighted by molar-refractivity contribution is -0.141. The van der Waals surface area contributed by atoms with Gasteiger partial charge in [-0.15, -0.1) is 0 Å². The number of benzene rings is 1. The zero-order valence-electron chi connectivity index (χ0n) is 12.0. The Morgan fingerprint density at radius 3 is 2.62 bits per heavy atom. The number of halogens is 2. The fourth-order valence-corrected chi connectivity index (χ4v) is 2.08. The summed E-state index contributed by atoms with van der Waals surface area (Å²) >= 11 is 5.63. The van der Waals surface area contributed by atoms with Crippen LogP contribution < -0.4 is 5.32 Å². The molecule has 0 fully saturated rings. The smallest absolute Gasteiger partial charge is 0.306 e. The van der Waals surface area contributed by atoms with Gasteiger partial charge in [-0.25, -0.2) is 4.39 Å². The highest BCUT2D eigenvalue weighted by molar-refractivity contribution is 6.31. The van der Waals surface area contributed by atoms with Gasteiger partial charge in [0, 0.05) is 6.04 Å². The maximum Gasteiger partial charge on any atom is 0.306 e. The lowest BCUT2D eigenvalue weighted by atomic mass is 10.0. The van der Waals surface area contributed by atoms with Gasteiger partial charge < -0.3 is 10.4 Å². The van der Waals surface area contributed by atoms with Crippen molar-refractivity contribution in [3.8, 4) is 0 Å². The molecule has 1 rings (SSSR count). The zero-order valence-corrected chi connectivity index (χ0v) is 12.8. The first-order chi connectivity index (χ1) is 9.82. The number of carboxylic acid groups (broad SMARTS) is 1. The molecule has 0 aliphatic rings. The molecule has 1 aromatic carbocycles. The van der Waals surface area contributed by atoms with E-state index in [1.165, 1.54) is 18.2 Å². The van der Waals surface area contributed by atoms with Crippen LogP contribution in [-0.4, -0.2) is 23.0 Å². The maximum atomic E-state index is 13.7. The van der Waals surface area contributed by atoms with Gasteiger partial charge in [0.15, 0.2) is 5.82 Å². The first kappa shape index (κ1) is 17.4. The number of nitrogens with one attached hydrogen (secondary N) is 1. The van der Waals surface area contributed by atoms with Crippen LogP contribution in [0.1, 0.15) is 43.5 Å².